The third-order valence-corrected chi connectivity index (χ3v) is 2.90. The maximum Gasteiger partial charge on any atom is 0.258 e. The maximum absolute atomic E-state index is 12.0. The summed E-state index contributed by atoms with van der Waals surface area (Å²) in [5.41, 5.74) is -0.211. The van der Waals surface area contributed by atoms with Gasteiger partial charge in [-0.3, -0.25) is 4.79 Å². The SMILES string of the molecule is CCOC(c1nc(O)c(C(C)C)c(=O)[nH]1)C(C)(C)C. The minimum atomic E-state index is -0.364. The minimum absolute atomic E-state index is 0.0783. The first-order valence-corrected chi connectivity index (χ1v) is 6.63. The zero-order valence-electron chi connectivity index (χ0n) is 12.6. The van der Waals surface area contributed by atoms with E-state index in [0.717, 1.165) is 0 Å². The summed E-state index contributed by atoms with van der Waals surface area (Å²) in [4.78, 5) is 18.9. The molecule has 1 rings (SSSR count). The van der Waals surface area contributed by atoms with Crippen molar-refractivity contribution < 1.29 is 9.84 Å². The predicted octanol–water partition coefficient (Wildman–Crippen LogP) is 2.72. The van der Waals surface area contributed by atoms with Gasteiger partial charge in [0.05, 0.1) is 5.56 Å². The molecule has 1 aromatic heterocycles. The summed E-state index contributed by atoms with van der Waals surface area (Å²) in [7, 11) is 0. The van der Waals surface area contributed by atoms with Crippen molar-refractivity contribution in [3.63, 3.8) is 0 Å². The van der Waals surface area contributed by atoms with Gasteiger partial charge in [-0.25, -0.2) is 0 Å². The highest BCUT2D eigenvalue weighted by Crippen LogP contribution is 2.34. The lowest BCUT2D eigenvalue weighted by atomic mass is 9.88. The number of hydrogen-bond acceptors (Lipinski definition) is 4. The van der Waals surface area contributed by atoms with Crippen LogP contribution < -0.4 is 5.56 Å². The van der Waals surface area contributed by atoms with Gasteiger partial charge in [0.2, 0.25) is 5.88 Å². The molecule has 0 aliphatic heterocycles. The fourth-order valence-electron chi connectivity index (χ4n) is 2.04. The highest BCUT2D eigenvalue weighted by Gasteiger charge is 2.30. The van der Waals surface area contributed by atoms with Crippen molar-refractivity contribution in [2.75, 3.05) is 6.61 Å². The van der Waals surface area contributed by atoms with Gasteiger partial charge in [0.1, 0.15) is 11.9 Å². The van der Waals surface area contributed by atoms with E-state index >= 15 is 0 Å². The molecular weight excluding hydrogens is 244 g/mol. The van der Waals surface area contributed by atoms with Gasteiger partial charge >= 0.3 is 0 Å². The van der Waals surface area contributed by atoms with Crippen LogP contribution in [-0.4, -0.2) is 21.7 Å². The maximum atomic E-state index is 12.0. The van der Waals surface area contributed by atoms with Crippen LogP contribution in [0, 0.1) is 5.41 Å². The van der Waals surface area contributed by atoms with Crippen LogP contribution in [0.4, 0.5) is 0 Å². The van der Waals surface area contributed by atoms with Crippen molar-refractivity contribution in [2.45, 2.75) is 53.6 Å². The monoisotopic (exact) mass is 268 g/mol. The van der Waals surface area contributed by atoms with Gasteiger partial charge in [-0.1, -0.05) is 34.6 Å². The van der Waals surface area contributed by atoms with Gasteiger partial charge in [-0.05, 0) is 18.3 Å². The van der Waals surface area contributed by atoms with Crippen molar-refractivity contribution in [3.8, 4) is 5.88 Å². The Morgan fingerprint density at radius 2 is 1.95 bits per heavy atom. The molecule has 5 heteroatoms. The second-order valence-corrected chi connectivity index (χ2v) is 6.04. The lowest BCUT2D eigenvalue weighted by molar-refractivity contribution is -0.0196. The van der Waals surface area contributed by atoms with E-state index in [0.29, 0.717) is 18.0 Å². The van der Waals surface area contributed by atoms with Gasteiger partial charge in [0, 0.05) is 6.61 Å². The molecule has 1 heterocycles. The van der Waals surface area contributed by atoms with Gasteiger partial charge in [0.15, 0.2) is 0 Å². The molecule has 108 valence electrons. The van der Waals surface area contributed by atoms with Crippen molar-refractivity contribution in [3.05, 3.63) is 21.7 Å². The number of rotatable bonds is 4. The highest BCUT2D eigenvalue weighted by molar-refractivity contribution is 5.26. The molecule has 19 heavy (non-hydrogen) atoms. The van der Waals surface area contributed by atoms with Crippen LogP contribution in [0.15, 0.2) is 4.79 Å². The van der Waals surface area contributed by atoms with E-state index in [1.807, 2.05) is 41.5 Å². The standard InChI is InChI=1S/C14H24N2O3/c1-7-19-10(14(4,5)6)11-15-12(17)9(8(2)3)13(18)16-11/h8,10H,7H2,1-6H3,(H2,15,16,17,18). The van der Waals surface area contributed by atoms with Gasteiger partial charge in [0.25, 0.3) is 5.56 Å². The van der Waals surface area contributed by atoms with Crippen LogP contribution in [-0.2, 0) is 4.74 Å². The number of aromatic amines is 1. The summed E-state index contributed by atoms with van der Waals surface area (Å²) in [5, 5.41) is 9.94. The second-order valence-electron chi connectivity index (χ2n) is 6.04. The van der Waals surface area contributed by atoms with E-state index < -0.39 is 0 Å². The molecule has 0 radical (unpaired) electrons. The molecule has 0 saturated carbocycles. The van der Waals surface area contributed by atoms with E-state index in [9.17, 15) is 9.90 Å². The smallest absolute Gasteiger partial charge is 0.258 e. The van der Waals surface area contributed by atoms with Crippen LogP contribution in [0.2, 0.25) is 0 Å². The minimum Gasteiger partial charge on any atom is -0.493 e. The Morgan fingerprint density at radius 1 is 1.37 bits per heavy atom. The van der Waals surface area contributed by atoms with Crippen LogP contribution in [0.1, 0.15) is 65.0 Å². The molecular formula is C14H24N2O3. The fraction of sp³-hybridized carbons (Fsp3) is 0.714. The largest absolute Gasteiger partial charge is 0.493 e. The second kappa shape index (κ2) is 5.74. The normalized spacial score (nSPS) is 13.8. The van der Waals surface area contributed by atoms with Crippen molar-refractivity contribution >= 4 is 0 Å². The Morgan fingerprint density at radius 3 is 2.32 bits per heavy atom. The van der Waals surface area contributed by atoms with E-state index in [2.05, 4.69) is 9.97 Å². The molecule has 5 nitrogen and oxygen atoms in total. The first-order valence-electron chi connectivity index (χ1n) is 6.63. The number of ether oxygens (including phenoxy) is 1. The van der Waals surface area contributed by atoms with Crippen LogP contribution >= 0.6 is 0 Å². The van der Waals surface area contributed by atoms with Crippen LogP contribution in [0.5, 0.6) is 5.88 Å². The van der Waals surface area contributed by atoms with Crippen molar-refractivity contribution in [1.82, 2.24) is 9.97 Å². The predicted molar refractivity (Wildman–Crippen MR) is 74.4 cm³/mol. The fourth-order valence-corrected chi connectivity index (χ4v) is 2.04. The first-order chi connectivity index (χ1) is 8.68. The quantitative estimate of drug-likeness (QED) is 0.880. The molecule has 0 aliphatic carbocycles. The average molecular weight is 268 g/mol. The zero-order chi connectivity index (χ0) is 14.8. The topological polar surface area (TPSA) is 75.2 Å². The number of aromatic nitrogens is 2. The third kappa shape index (κ3) is 3.56. The summed E-state index contributed by atoms with van der Waals surface area (Å²) in [6.45, 7) is 12.1. The van der Waals surface area contributed by atoms with Crippen molar-refractivity contribution in [1.29, 1.82) is 0 Å². The Bertz CT molecular complexity index is 486. The third-order valence-electron chi connectivity index (χ3n) is 2.90. The highest BCUT2D eigenvalue weighted by atomic mass is 16.5. The van der Waals surface area contributed by atoms with Crippen molar-refractivity contribution in [2.24, 2.45) is 5.41 Å². The van der Waals surface area contributed by atoms with E-state index in [-0.39, 0.29) is 28.9 Å². The number of nitrogens with one attached hydrogen (secondary N) is 1. The van der Waals surface area contributed by atoms with E-state index in [4.69, 9.17) is 4.74 Å². The Hall–Kier alpha value is -1.36. The molecule has 1 unspecified atom stereocenters. The molecule has 0 amide bonds. The lowest BCUT2D eigenvalue weighted by Crippen LogP contribution is -2.27. The summed E-state index contributed by atoms with van der Waals surface area (Å²) in [6.07, 6.45) is -0.364. The number of aromatic hydroxyl groups is 1. The zero-order valence-corrected chi connectivity index (χ0v) is 12.6. The molecule has 0 aromatic carbocycles. The number of nitrogens with zero attached hydrogens (tertiary/aromatic N) is 1. The molecule has 0 fully saturated rings. The summed E-state index contributed by atoms with van der Waals surface area (Å²) in [6, 6.07) is 0. The Balaban J connectivity index is 3.32. The first kappa shape index (κ1) is 15.7. The molecule has 0 aliphatic rings. The molecule has 1 atom stereocenters. The summed E-state index contributed by atoms with van der Waals surface area (Å²) in [5.74, 6) is 0.0921. The molecule has 0 saturated heterocycles. The number of hydrogen-bond donors (Lipinski definition) is 2. The average Bonchev–Trinajstić information content (AvgIpc) is 2.22. The summed E-state index contributed by atoms with van der Waals surface area (Å²) >= 11 is 0. The van der Waals surface area contributed by atoms with Gasteiger partial charge < -0.3 is 14.8 Å². The van der Waals surface area contributed by atoms with Gasteiger partial charge in [-0.15, -0.1) is 0 Å². The number of H-pyrrole nitrogens is 1. The molecule has 1 aromatic rings. The van der Waals surface area contributed by atoms with Crippen LogP contribution in [0.25, 0.3) is 0 Å². The lowest BCUT2D eigenvalue weighted by Gasteiger charge is -2.29. The van der Waals surface area contributed by atoms with E-state index in [1.165, 1.54) is 0 Å². The Kier molecular flexibility index (Phi) is 4.74. The summed E-state index contributed by atoms with van der Waals surface area (Å²) < 4.78 is 5.66. The molecule has 2 N–H and O–H groups in total. The molecule has 0 bridgehead atoms. The molecule has 0 spiro atoms. The van der Waals surface area contributed by atoms with E-state index in [1.54, 1.807) is 0 Å². The van der Waals surface area contributed by atoms with Crippen LogP contribution in [0.3, 0.4) is 0 Å². The Labute approximate surface area is 114 Å². The van der Waals surface area contributed by atoms with Gasteiger partial charge in [-0.2, -0.15) is 4.98 Å².